The number of anilines is 1. The molecule has 5 heteroatoms. The predicted molar refractivity (Wildman–Crippen MR) is 51.8 cm³/mol. The number of esters is 1. The molecule has 3 N–H and O–H groups in total. The van der Waals surface area contributed by atoms with Gasteiger partial charge in [-0.15, -0.1) is 0 Å². The summed E-state index contributed by atoms with van der Waals surface area (Å²) >= 11 is 0. The molecule has 0 aliphatic carbocycles. The van der Waals surface area contributed by atoms with Gasteiger partial charge < -0.3 is 15.5 Å². The molecule has 0 spiro atoms. The van der Waals surface area contributed by atoms with Crippen molar-refractivity contribution in [1.82, 2.24) is 9.97 Å². The largest absolute Gasteiger partial charge is 0.465 e. The molecule has 1 heterocycles. The van der Waals surface area contributed by atoms with Crippen LogP contribution in [0.15, 0.2) is 18.5 Å². The molecule has 1 aromatic heterocycles. The average Bonchev–Trinajstić information content (AvgIpc) is 2.67. The van der Waals surface area contributed by atoms with Crippen LogP contribution in [-0.4, -0.2) is 23.0 Å². The highest BCUT2D eigenvalue weighted by atomic mass is 16.5. The number of nitrogens with one attached hydrogen (secondary N) is 1. The Morgan fingerprint density at radius 2 is 2.36 bits per heavy atom. The first kappa shape index (κ1) is 8.55. The maximum atomic E-state index is 11.3. The Bertz CT molecular complexity index is 490. The van der Waals surface area contributed by atoms with Crippen LogP contribution in [0, 0.1) is 0 Å². The normalized spacial score (nSPS) is 10.4. The third-order valence-electron chi connectivity index (χ3n) is 2.02. The van der Waals surface area contributed by atoms with E-state index >= 15 is 0 Å². The van der Waals surface area contributed by atoms with Gasteiger partial charge in [0.05, 0.1) is 30.2 Å². The van der Waals surface area contributed by atoms with E-state index in [-0.39, 0.29) is 0 Å². The number of ether oxygens (including phenoxy) is 1. The first-order valence-corrected chi connectivity index (χ1v) is 4.04. The van der Waals surface area contributed by atoms with E-state index in [1.165, 1.54) is 13.4 Å². The lowest BCUT2D eigenvalue weighted by molar-refractivity contribution is 0.0603. The van der Waals surface area contributed by atoms with E-state index in [0.29, 0.717) is 22.3 Å². The minimum Gasteiger partial charge on any atom is -0.465 e. The number of nitrogen functional groups attached to an aromatic ring is 1. The molecule has 0 radical (unpaired) electrons. The highest BCUT2D eigenvalue weighted by Crippen LogP contribution is 2.21. The minimum atomic E-state index is -0.415. The summed E-state index contributed by atoms with van der Waals surface area (Å²) in [6.07, 6.45) is 1.49. The Labute approximate surface area is 79.9 Å². The number of nitrogens with zero attached hydrogens (tertiary/aromatic N) is 1. The van der Waals surface area contributed by atoms with Crippen LogP contribution in [0.4, 0.5) is 5.69 Å². The van der Waals surface area contributed by atoms with E-state index in [4.69, 9.17) is 5.73 Å². The second-order valence-corrected chi connectivity index (χ2v) is 2.82. The van der Waals surface area contributed by atoms with Crippen LogP contribution >= 0.6 is 0 Å². The van der Waals surface area contributed by atoms with Crippen molar-refractivity contribution in [2.75, 3.05) is 12.8 Å². The summed E-state index contributed by atoms with van der Waals surface area (Å²) in [5.41, 5.74) is 7.86. The van der Waals surface area contributed by atoms with Gasteiger partial charge in [-0.25, -0.2) is 9.78 Å². The van der Waals surface area contributed by atoms with Crippen molar-refractivity contribution in [2.24, 2.45) is 0 Å². The summed E-state index contributed by atoms with van der Waals surface area (Å²) in [5, 5.41) is 0. The number of imidazole rings is 1. The summed E-state index contributed by atoms with van der Waals surface area (Å²) in [7, 11) is 1.33. The molecular weight excluding hydrogens is 182 g/mol. The second kappa shape index (κ2) is 3.02. The fourth-order valence-electron chi connectivity index (χ4n) is 1.33. The van der Waals surface area contributed by atoms with Gasteiger partial charge in [0.15, 0.2) is 0 Å². The van der Waals surface area contributed by atoms with E-state index in [2.05, 4.69) is 14.7 Å². The van der Waals surface area contributed by atoms with Gasteiger partial charge in [0.1, 0.15) is 5.52 Å². The maximum Gasteiger partial charge on any atom is 0.340 e. The van der Waals surface area contributed by atoms with Crippen LogP contribution < -0.4 is 5.73 Å². The van der Waals surface area contributed by atoms with E-state index in [0.717, 1.165) is 0 Å². The standard InChI is InChI=1S/C9H9N3O2/c1-14-9(13)5-2-3-6(10)8-7(5)11-4-12-8/h2-4H,10H2,1H3,(H,11,12). The number of aromatic amines is 1. The number of H-pyrrole nitrogens is 1. The molecule has 72 valence electrons. The average molecular weight is 191 g/mol. The molecule has 5 nitrogen and oxygen atoms in total. The fourth-order valence-corrected chi connectivity index (χ4v) is 1.33. The summed E-state index contributed by atoms with van der Waals surface area (Å²) in [5.74, 6) is -0.415. The van der Waals surface area contributed by atoms with Crippen LogP contribution in [0.3, 0.4) is 0 Å². The van der Waals surface area contributed by atoms with Crippen LogP contribution in [0.2, 0.25) is 0 Å². The molecule has 0 amide bonds. The van der Waals surface area contributed by atoms with Gasteiger partial charge in [0.2, 0.25) is 0 Å². The van der Waals surface area contributed by atoms with Crippen LogP contribution in [0.5, 0.6) is 0 Å². The van der Waals surface area contributed by atoms with E-state index in [1.807, 2.05) is 0 Å². The van der Waals surface area contributed by atoms with Crippen molar-refractivity contribution in [2.45, 2.75) is 0 Å². The molecule has 0 fully saturated rings. The zero-order valence-corrected chi connectivity index (χ0v) is 7.57. The van der Waals surface area contributed by atoms with Crippen molar-refractivity contribution in [3.05, 3.63) is 24.0 Å². The summed E-state index contributed by atoms with van der Waals surface area (Å²) in [6.45, 7) is 0. The Morgan fingerprint density at radius 3 is 3.07 bits per heavy atom. The van der Waals surface area contributed by atoms with E-state index in [9.17, 15) is 4.79 Å². The van der Waals surface area contributed by atoms with Gasteiger partial charge in [-0.1, -0.05) is 0 Å². The number of nitrogens with two attached hydrogens (primary N) is 1. The highest BCUT2D eigenvalue weighted by molar-refractivity contribution is 6.04. The van der Waals surface area contributed by atoms with Crippen molar-refractivity contribution >= 4 is 22.7 Å². The van der Waals surface area contributed by atoms with Crippen LogP contribution in [0.25, 0.3) is 11.0 Å². The number of carbonyl (C=O) groups is 1. The van der Waals surface area contributed by atoms with Gasteiger partial charge in [-0.05, 0) is 12.1 Å². The van der Waals surface area contributed by atoms with E-state index < -0.39 is 5.97 Å². The molecule has 0 aliphatic rings. The second-order valence-electron chi connectivity index (χ2n) is 2.82. The van der Waals surface area contributed by atoms with Gasteiger partial charge in [0, 0.05) is 0 Å². The van der Waals surface area contributed by atoms with Crippen LogP contribution in [-0.2, 0) is 4.74 Å². The smallest absolute Gasteiger partial charge is 0.340 e. The zero-order valence-electron chi connectivity index (χ0n) is 7.57. The molecule has 1 aromatic carbocycles. The van der Waals surface area contributed by atoms with Gasteiger partial charge in [-0.3, -0.25) is 0 Å². The van der Waals surface area contributed by atoms with E-state index in [1.54, 1.807) is 12.1 Å². The van der Waals surface area contributed by atoms with Crippen molar-refractivity contribution in [3.8, 4) is 0 Å². The number of hydrogen-bond donors (Lipinski definition) is 2. The molecule has 2 rings (SSSR count). The molecule has 0 bridgehead atoms. The first-order valence-electron chi connectivity index (χ1n) is 4.04. The van der Waals surface area contributed by atoms with Gasteiger partial charge in [0.25, 0.3) is 0 Å². The lowest BCUT2D eigenvalue weighted by Gasteiger charge is -2.01. The number of methoxy groups -OCH3 is 1. The Kier molecular flexibility index (Phi) is 1.85. The number of aromatic nitrogens is 2. The number of hydrogen-bond acceptors (Lipinski definition) is 4. The maximum absolute atomic E-state index is 11.3. The lowest BCUT2D eigenvalue weighted by Crippen LogP contribution is -2.02. The first-order chi connectivity index (χ1) is 6.74. The third-order valence-corrected chi connectivity index (χ3v) is 2.02. The lowest BCUT2D eigenvalue weighted by atomic mass is 10.1. The van der Waals surface area contributed by atoms with Crippen molar-refractivity contribution < 1.29 is 9.53 Å². The summed E-state index contributed by atoms with van der Waals surface area (Å²) in [4.78, 5) is 18.2. The summed E-state index contributed by atoms with van der Waals surface area (Å²) < 4.78 is 4.62. The van der Waals surface area contributed by atoms with Crippen molar-refractivity contribution in [1.29, 1.82) is 0 Å². The predicted octanol–water partition coefficient (Wildman–Crippen LogP) is 0.932. The fraction of sp³-hybridized carbons (Fsp3) is 0.111. The monoisotopic (exact) mass is 191 g/mol. The van der Waals surface area contributed by atoms with Crippen LogP contribution in [0.1, 0.15) is 10.4 Å². The third kappa shape index (κ3) is 1.10. The topological polar surface area (TPSA) is 81.0 Å². The molecule has 0 saturated heterocycles. The molecular formula is C9H9N3O2. The molecule has 0 aliphatic heterocycles. The number of carbonyl (C=O) groups excluding carboxylic acids is 1. The number of benzene rings is 1. The Morgan fingerprint density at radius 1 is 1.57 bits per heavy atom. The Balaban J connectivity index is 2.72. The minimum absolute atomic E-state index is 0.415. The SMILES string of the molecule is COC(=O)c1ccc(N)c2[nH]cnc12. The molecule has 14 heavy (non-hydrogen) atoms. The molecule has 0 unspecified atom stereocenters. The molecule has 0 saturated carbocycles. The number of rotatable bonds is 1. The molecule has 2 aromatic rings. The van der Waals surface area contributed by atoms with Crippen molar-refractivity contribution in [3.63, 3.8) is 0 Å². The quantitative estimate of drug-likeness (QED) is 0.519. The van der Waals surface area contributed by atoms with Gasteiger partial charge in [-0.2, -0.15) is 0 Å². The van der Waals surface area contributed by atoms with Gasteiger partial charge >= 0.3 is 5.97 Å². The zero-order chi connectivity index (χ0) is 10.1. The molecule has 0 atom stereocenters. The Hall–Kier alpha value is -2.04. The highest BCUT2D eigenvalue weighted by Gasteiger charge is 2.13. The number of fused-ring (bicyclic) bond motifs is 1. The summed E-state index contributed by atoms with van der Waals surface area (Å²) in [6, 6.07) is 3.25.